The summed E-state index contributed by atoms with van der Waals surface area (Å²) in [5, 5.41) is 2.68. The fraction of sp³-hybridized carbons (Fsp3) is 0.167. The summed E-state index contributed by atoms with van der Waals surface area (Å²) in [6, 6.07) is 24.3. The monoisotopic (exact) mass is 577 g/mol. The van der Waals surface area contributed by atoms with E-state index < -0.39 is 32.5 Å². The van der Waals surface area contributed by atoms with E-state index in [0.717, 1.165) is 26.6 Å². The number of amides is 1. The topological polar surface area (TPSA) is 113 Å². The van der Waals surface area contributed by atoms with Crippen molar-refractivity contribution in [2.45, 2.75) is 37.5 Å². The lowest BCUT2D eigenvalue weighted by molar-refractivity contribution is -0.114. The second-order valence-electron chi connectivity index (χ2n) is 9.64. The van der Waals surface area contributed by atoms with Crippen LogP contribution in [0, 0.1) is 27.7 Å². The number of nitrogens with one attached hydrogen (secondary N) is 2. The molecular formula is C30H31N3O5S2. The number of carbonyl (C=O) groups excluding carboxylic acids is 1. The van der Waals surface area contributed by atoms with E-state index in [1.54, 1.807) is 42.5 Å². The summed E-state index contributed by atoms with van der Waals surface area (Å²) in [6.07, 6.45) is 0. The Bertz CT molecular complexity index is 1750. The number of rotatable bonds is 9. The summed E-state index contributed by atoms with van der Waals surface area (Å²) in [5.74, 6) is -0.581. The molecule has 40 heavy (non-hydrogen) atoms. The molecule has 0 aliphatic heterocycles. The predicted octanol–water partition coefficient (Wildman–Crippen LogP) is 5.56. The molecule has 0 bridgehead atoms. The number of carbonyl (C=O) groups is 1. The molecule has 0 unspecified atom stereocenters. The van der Waals surface area contributed by atoms with Gasteiger partial charge >= 0.3 is 0 Å². The number of anilines is 3. The molecule has 0 aliphatic rings. The van der Waals surface area contributed by atoms with Gasteiger partial charge in [-0.1, -0.05) is 35.9 Å². The van der Waals surface area contributed by atoms with Crippen LogP contribution in [-0.2, 0) is 24.8 Å². The highest BCUT2D eigenvalue weighted by atomic mass is 32.2. The minimum Gasteiger partial charge on any atom is -0.325 e. The van der Waals surface area contributed by atoms with Gasteiger partial charge in [0, 0.05) is 11.4 Å². The van der Waals surface area contributed by atoms with Gasteiger partial charge in [-0.05, 0) is 105 Å². The third-order valence-corrected chi connectivity index (χ3v) is 9.58. The molecule has 0 spiro atoms. The highest BCUT2D eigenvalue weighted by Crippen LogP contribution is 2.26. The van der Waals surface area contributed by atoms with E-state index in [4.69, 9.17) is 0 Å². The van der Waals surface area contributed by atoms with Crippen LogP contribution in [0.5, 0.6) is 0 Å². The van der Waals surface area contributed by atoms with E-state index in [9.17, 15) is 21.6 Å². The molecular weight excluding hydrogens is 546 g/mol. The Hall–Kier alpha value is -4.15. The molecule has 4 rings (SSSR count). The lowest BCUT2D eigenvalue weighted by atomic mass is 10.1. The molecule has 8 nitrogen and oxygen atoms in total. The van der Waals surface area contributed by atoms with E-state index in [1.165, 1.54) is 36.4 Å². The summed E-state index contributed by atoms with van der Waals surface area (Å²) in [7, 11) is -7.90. The Kier molecular flexibility index (Phi) is 8.32. The summed E-state index contributed by atoms with van der Waals surface area (Å²) in [4.78, 5) is 13.2. The Morgan fingerprint density at radius 1 is 0.675 bits per heavy atom. The second-order valence-corrected chi connectivity index (χ2v) is 13.2. The molecule has 0 aliphatic carbocycles. The molecule has 0 aromatic heterocycles. The van der Waals surface area contributed by atoms with Crippen molar-refractivity contribution in [3.05, 3.63) is 113 Å². The van der Waals surface area contributed by atoms with Gasteiger partial charge in [0.1, 0.15) is 6.54 Å². The molecule has 4 aromatic rings. The van der Waals surface area contributed by atoms with E-state index in [2.05, 4.69) is 10.0 Å². The van der Waals surface area contributed by atoms with Crippen molar-refractivity contribution in [3.63, 3.8) is 0 Å². The van der Waals surface area contributed by atoms with Gasteiger partial charge < -0.3 is 5.32 Å². The van der Waals surface area contributed by atoms with Crippen LogP contribution in [-0.4, -0.2) is 29.3 Å². The van der Waals surface area contributed by atoms with Crippen LogP contribution in [0.15, 0.2) is 101 Å². The first kappa shape index (κ1) is 28.8. The molecule has 0 atom stereocenters. The number of sulfonamides is 2. The standard InChI is InChI=1S/C30H31N3O5S2/c1-21-8-14-29(15-9-21)40(37,38)33(27-13-10-23(3)24(4)19-27)20-30(34)31-25-11-16-28(17-12-25)39(35,36)32-26-7-5-6-22(2)18-26/h5-19,32H,20H2,1-4H3,(H,31,34). The lowest BCUT2D eigenvalue weighted by Gasteiger charge is -2.25. The van der Waals surface area contributed by atoms with Crippen molar-refractivity contribution in [3.8, 4) is 0 Å². The average molecular weight is 578 g/mol. The maximum Gasteiger partial charge on any atom is 0.264 e. The normalized spacial score (nSPS) is 11.6. The van der Waals surface area contributed by atoms with Crippen molar-refractivity contribution in [2.75, 3.05) is 20.9 Å². The SMILES string of the molecule is Cc1ccc(S(=O)(=O)N(CC(=O)Nc2ccc(S(=O)(=O)Nc3cccc(C)c3)cc2)c2ccc(C)c(C)c2)cc1. The number of aryl methyl sites for hydroxylation is 4. The first-order valence-electron chi connectivity index (χ1n) is 12.5. The van der Waals surface area contributed by atoms with Crippen molar-refractivity contribution in [1.29, 1.82) is 0 Å². The minimum absolute atomic E-state index is 0.0192. The Balaban J connectivity index is 1.55. The second kappa shape index (κ2) is 11.5. The third-order valence-electron chi connectivity index (χ3n) is 6.39. The van der Waals surface area contributed by atoms with Crippen LogP contribution in [0.4, 0.5) is 17.1 Å². The van der Waals surface area contributed by atoms with E-state index in [-0.39, 0.29) is 9.79 Å². The fourth-order valence-electron chi connectivity index (χ4n) is 4.00. The number of hydrogen-bond acceptors (Lipinski definition) is 5. The van der Waals surface area contributed by atoms with Gasteiger partial charge in [0.15, 0.2) is 0 Å². The van der Waals surface area contributed by atoms with Crippen LogP contribution in [0.25, 0.3) is 0 Å². The Labute approximate surface area is 235 Å². The molecule has 0 radical (unpaired) electrons. The molecule has 4 aromatic carbocycles. The summed E-state index contributed by atoms with van der Waals surface area (Å²) >= 11 is 0. The van der Waals surface area contributed by atoms with Gasteiger partial charge in [0.25, 0.3) is 20.0 Å². The predicted molar refractivity (Wildman–Crippen MR) is 159 cm³/mol. The first-order valence-corrected chi connectivity index (χ1v) is 15.4. The molecule has 2 N–H and O–H groups in total. The maximum absolute atomic E-state index is 13.6. The quantitative estimate of drug-likeness (QED) is 0.271. The number of hydrogen-bond donors (Lipinski definition) is 2. The van der Waals surface area contributed by atoms with Crippen LogP contribution in [0.1, 0.15) is 22.3 Å². The highest BCUT2D eigenvalue weighted by Gasteiger charge is 2.27. The van der Waals surface area contributed by atoms with Gasteiger partial charge in [-0.15, -0.1) is 0 Å². The van der Waals surface area contributed by atoms with Gasteiger partial charge in [-0.3, -0.25) is 13.8 Å². The summed E-state index contributed by atoms with van der Waals surface area (Å²) in [5.41, 5.74) is 4.84. The fourth-order valence-corrected chi connectivity index (χ4v) is 6.47. The largest absolute Gasteiger partial charge is 0.325 e. The van der Waals surface area contributed by atoms with Crippen LogP contribution in [0.3, 0.4) is 0 Å². The van der Waals surface area contributed by atoms with Crippen molar-refractivity contribution in [1.82, 2.24) is 0 Å². The molecule has 0 heterocycles. The lowest BCUT2D eigenvalue weighted by Crippen LogP contribution is -2.38. The zero-order chi connectivity index (χ0) is 29.1. The van der Waals surface area contributed by atoms with Gasteiger partial charge in [-0.25, -0.2) is 16.8 Å². The zero-order valence-corrected chi connectivity index (χ0v) is 24.3. The van der Waals surface area contributed by atoms with Crippen LogP contribution < -0.4 is 14.3 Å². The average Bonchev–Trinajstić information content (AvgIpc) is 2.89. The van der Waals surface area contributed by atoms with E-state index >= 15 is 0 Å². The Morgan fingerprint density at radius 2 is 1.32 bits per heavy atom. The molecule has 10 heteroatoms. The van der Waals surface area contributed by atoms with Gasteiger partial charge in [0.2, 0.25) is 5.91 Å². The molecule has 208 valence electrons. The first-order chi connectivity index (χ1) is 18.8. The number of nitrogens with zero attached hydrogens (tertiary/aromatic N) is 1. The Morgan fingerprint density at radius 3 is 1.95 bits per heavy atom. The summed E-state index contributed by atoms with van der Waals surface area (Å²) < 4.78 is 56.5. The van der Waals surface area contributed by atoms with Gasteiger partial charge in [0.05, 0.1) is 15.5 Å². The zero-order valence-electron chi connectivity index (χ0n) is 22.7. The molecule has 0 saturated carbocycles. The molecule has 0 fully saturated rings. The summed E-state index contributed by atoms with van der Waals surface area (Å²) in [6.45, 7) is 7.04. The van der Waals surface area contributed by atoms with Crippen LogP contribution >= 0.6 is 0 Å². The third kappa shape index (κ3) is 6.70. The van der Waals surface area contributed by atoms with Crippen LogP contribution in [0.2, 0.25) is 0 Å². The minimum atomic E-state index is -4.06. The van der Waals surface area contributed by atoms with Gasteiger partial charge in [-0.2, -0.15) is 0 Å². The molecule has 1 amide bonds. The van der Waals surface area contributed by atoms with E-state index in [0.29, 0.717) is 17.1 Å². The smallest absolute Gasteiger partial charge is 0.264 e. The van der Waals surface area contributed by atoms with E-state index in [1.807, 2.05) is 39.8 Å². The van der Waals surface area contributed by atoms with Crippen molar-refractivity contribution >= 4 is 43.0 Å². The molecule has 0 saturated heterocycles. The van der Waals surface area contributed by atoms with Crippen molar-refractivity contribution < 1.29 is 21.6 Å². The number of benzene rings is 4. The highest BCUT2D eigenvalue weighted by molar-refractivity contribution is 7.93. The maximum atomic E-state index is 13.6. The van der Waals surface area contributed by atoms with Crippen molar-refractivity contribution in [2.24, 2.45) is 0 Å².